The van der Waals surface area contributed by atoms with Gasteiger partial charge >= 0.3 is 6.16 Å². The third-order valence-corrected chi connectivity index (χ3v) is 10.6. The number of hydrogen-bond acceptors (Lipinski definition) is 2. The fourth-order valence-corrected chi connectivity index (χ4v) is 14.2. The Bertz CT molecular complexity index is 184. The fourth-order valence-electron chi connectivity index (χ4n) is 1.74. The van der Waals surface area contributed by atoms with Crippen molar-refractivity contribution in [1.82, 2.24) is 0 Å². The van der Waals surface area contributed by atoms with Crippen LogP contribution in [0, 0.1) is 0 Å². The Morgan fingerprint density at radius 2 is 1.69 bits per heavy atom. The molecule has 0 fully saturated rings. The van der Waals surface area contributed by atoms with Gasteiger partial charge in [0.2, 0.25) is 0 Å². The molecule has 1 N–H and O–H groups in total. The first-order chi connectivity index (χ1) is 5.62. The van der Waals surface area contributed by atoms with Gasteiger partial charge in [0, 0.05) is 8.07 Å². The lowest BCUT2D eigenvalue weighted by atomic mass is 11.3. The number of hydrogen-bond donors (Lipinski definition) is 1. The summed E-state index contributed by atoms with van der Waals surface area (Å²) in [5.41, 5.74) is 1.22. The van der Waals surface area contributed by atoms with Gasteiger partial charge in [-0.25, -0.2) is 4.79 Å². The van der Waals surface area contributed by atoms with Crippen molar-refractivity contribution in [2.75, 3.05) is 6.23 Å². The molecule has 0 aromatic heterocycles. The Labute approximate surface area is 82.1 Å². The standard InChI is InChI=1S/C8H20O3Si2/c1-12(2,3)7-13(4,5)6-11-8(9)10/h6-7H2,1-5H3,(H,9,10). The SMILES string of the molecule is C[Si](C)(C)C[Si](C)(C)COC(=O)O. The van der Waals surface area contributed by atoms with Crippen LogP contribution in [-0.4, -0.2) is 33.6 Å². The number of carbonyl (C=O) groups is 1. The zero-order chi connectivity index (χ0) is 10.7. The van der Waals surface area contributed by atoms with E-state index in [-0.39, 0.29) is 0 Å². The first-order valence-corrected chi connectivity index (χ1v) is 11.6. The molecule has 0 unspecified atom stereocenters. The van der Waals surface area contributed by atoms with E-state index in [1.807, 2.05) is 0 Å². The molecule has 78 valence electrons. The number of rotatable bonds is 4. The first-order valence-electron chi connectivity index (χ1n) is 4.48. The Kier molecular flexibility index (Phi) is 4.18. The predicted octanol–water partition coefficient (Wildman–Crippen LogP) is 2.81. The lowest BCUT2D eigenvalue weighted by molar-refractivity contribution is 0.105. The Balaban J connectivity index is 4.01. The Morgan fingerprint density at radius 1 is 1.23 bits per heavy atom. The summed E-state index contributed by atoms with van der Waals surface area (Å²) in [4.78, 5) is 10.2. The molecule has 0 radical (unpaired) electrons. The molecule has 0 saturated heterocycles. The molecule has 0 aromatic rings. The maximum atomic E-state index is 10.2. The quantitative estimate of drug-likeness (QED) is 0.585. The van der Waals surface area contributed by atoms with Crippen LogP contribution >= 0.6 is 0 Å². The highest BCUT2D eigenvalue weighted by Crippen LogP contribution is 2.19. The summed E-state index contributed by atoms with van der Waals surface area (Å²) < 4.78 is 4.65. The molecule has 0 spiro atoms. The van der Waals surface area contributed by atoms with Crippen LogP contribution in [0.2, 0.25) is 38.4 Å². The molecule has 5 heteroatoms. The molecule has 3 nitrogen and oxygen atoms in total. The highest BCUT2D eigenvalue weighted by Gasteiger charge is 2.30. The molecular formula is C8H20O3Si2. The van der Waals surface area contributed by atoms with Crippen LogP contribution in [0.1, 0.15) is 0 Å². The van der Waals surface area contributed by atoms with Crippen molar-refractivity contribution in [3.8, 4) is 0 Å². The van der Waals surface area contributed by atoms with Gasteiger partial charge < -0.3 is 9.84 Å². The van der Waals surface area contributed by atoms with Crippen molar-refractivity contribution in [3.63, 3.8) is 0 Å². The summed E-state index contributed by atoms with van der Waals surface area (Å²) in [6.45, 7) is 11.3. The lowest BCUT2D eigenvalue weighted by Gasteiger charge is -2.28. The van der Waals surface area contributed by atoms with Crippen LogP contribution in [0.5, 0.6) is 0 Å². The molecule has 0 amide bonds. The van der Waals surface area contributed by atoms with E-state index in [1.54, 1.807) is 0 Å². The van der Waals surface area contributed by atoms with Crippen LogP contribution < -0.4 is 0 Å². The van der Waals surface area contributed by atoms with Crippen molar-refractivity contribution in [1.29, 1.82) is 0 Å². The van der Waals surface area contributed by atoms with Crippen LogP contribution in [0.25, 0.3) is 0 Å². The van der Waals surface area contributed by atoms with E-state index < -0.39 is 22.3 Å². The van der Waals surface area contributed by atoms with Crippen LogP contribution in [0.4, 0.5) is 4.79 Å². The minimum atomic E-state index is -1.44. The van der Waals surface area contributed by atoms with Gasteiger partial charge in [0.1, 0.15) is 0 Å². The van der Waals surface area contributed by atoms with Gasteiger partial charge in [-0.15, -0.1) is 0 Å². The van der Waals surface area contributed by atoms with E-state index in [0.29, 0.717) is 6.23 Å². The van der Waals surface area contributed by atoms with Crippen molar-refractivity contribution < 1.29 is 14.6 Å². The largest absolute Gasteiger partial charge is 0.505 e. The molecule has 0 aliphatic heterocycles. The molecule has 0 atom stereocenters. The maximum absolute atomic E-state index is 10.2. The zero-order valence-corrected chi connectivity index (χ0v) is 11.2. The molecule has 0 aliphatic carbocycles. The fraction of sp³-hybridized carbons (Fsp3) is 0.875. The minimum Gasteiger partial charge on any atom is -0.450 e. The van der Waals surface area contributed by atoms with E-state index in [1.165, 1.54) is 5.67 Å². The van der Waals surface area contributed by atoms with Gasteiger partial charge in [-0.3, -0.25) is 0 Å². The second-order valence-corrected chi connectivity index (χ2v) is 16.6. The van der Waals surface area contributed by atoms with E-state index in [2.05, 4.69) is 37.5 Å². The molecule has 0 bridgehead atoms. The third kappa shape index (κ3) is 8.05. The second kappa shape index (κ2) is 4.28. The third-order valence-electron chi connectivity index (χ3n) is 1.60. The summed E-state index contributed by atoms with van der Waals surface area (Å²) in [6.07, 6.45) is -0.705. The molecule has 0 saturated carbocycles. The summed E-state index contributed by atoms with van der Waals surface area (Å²) in [5, 5.41) is 8.39. The van der Waals surface area contributed by atoms with Crippen molar-refractivity contribution in [2.45, 2.75) is 38.4 Å². The average molecular weight is 220 g/mol. The van der Waals surface area contributed by atoms with E-state index in [9.17, 15) is 4.79 Å². The van der Waals surface area contributed by atoms with E-state index in [4.69, 9.17) is 5.11 Å². The normalized spacial score (nSPS) is 12.7. The van der Waals surface area contributed by atoms with E-state index in [0.717, 1.165) is 0 Å². The maximum Gasteiger partial charge on any atom is 0.505 e. The number of ether oxygens (including phenoxy) is 1. The lowest BCUT2D eigenvalue weighted by Crippen LogP contribution is -2.42. The molecule has 0 heterocycles. The molecule has 0 rings (SSSR count). The highest BCUT2D eigenvalue weighted by molar-refractivity contribution is 6.94. The van der Waals surface area contributed by atoms with Gasteiger partial charge in [-0.1, -0.05) is 38.4 Å². The Morgan fingerprint density at radius 3 is 2.00 bits per heavy atom. The smallest absolute Gasteiger partial charge is 0.450 e. The van der Waals surface area contributed by atoms with Gasteiger partial charge in [-0.2, -0.15) is 0 Å². The van der Waals surface area contributed by atoms with Crippen molar-refractivity contribution in [2.24, 2.45) is 0 Å². The summed E-state index contributed by atoms with van der Waals surface area (Å²) in [7, 11) is -2.52. The zero-order valence-electron chi connectivity index (χ0n) is 9.18. The molecule has 13 heavy (non-hydrogen) atoms. The highest BCUT2D eigenvalue weighted by atomic mass is 28.4. The summed E-state index contributed by atoms with van der Waals surface area (Å²) >= 11 is 0. The number of carboxylic acid groups (broad SMARTS) is 1. The molecule has 0 aliphatic rings. The average Bonchev–Trinajstić information content (AvgIpc) is 1.78. The first kappa shape index (κ1) is 12.7. The van der Waals surface area contributed by atoms with Crippen LogP contribution in [0.15, 0.2) is 0 Å². The van der Waals surface area contributed by atoms with Gasteiger partial charge in [0.05, 0.1) is 14.3 Å². The molecular weight excluding hydrogens is 200 g/mol. The molecule has 0 aromatic carbocycles. The van der Waals surface area contributed by atoms with Gasteiger partial charge in [0.15, 0.2) is 0 Å². The van der Waals surface area contributed by atoms with Gasteiger partial charge in [-0.05, 0) is 0 Å². The predicted molar refractivity (Wildman–Crippen MR) is 59.6 cm³/mol. The monoisotopic (exact) mass is 220 g/mol. The second-order valence-electron chi connectivity index (χ2n) is 5.46. The summed E-state index contributed by atoms with van der Waals surface area (Å²) in [5.74, 6) is 0. The van der Waals surface area contributed by atoms with Crippen LogP contribution in [-0.2, 0) is 4.74 Å². The van der Waals surface area contributed by atoms with Crippen molar-refractivity contribution >= 4 is 22.3 Å². The van der Waals surface area contributed by atoms with Gasteiger partial charge in [0.25, 0.3) is 0 Å². The van der Waals surface area contributed by atoms with E-state index >= 15 is 0 Å². The summed E-state index contributed by atoms with van der Waals surface area (Å²) in [6, 6.07) is 0. The van der Waals surface area contributed by atoms with Crippen molar-refractivity contribution in [3.05, 3.63) is 0 Å². The minimum absolute atomic E-state index is 0.437. The van der Waals surface area contributed by atoms with Crippen LogP contribution in [0.3, 0.4) is 0 Å². The topological polar surface area (TPSA) is 46.5 Å². The Hall–Kier alpha value is -0.296.